The summed E-state index contributed by atoms with van der Waals surface area (Å²) in [6.07, 6.45) is 2.30. The second-order valence-electron chi connectivity index (χ2n) is 3.49. The van der Waals surface area contributed by atoms with Crippen molar-refractivity contribution in [2.75, 3.05) is 12.4 Å². The highest BCUT2D eigenvalue weighted by Crippen LogP contribution is 2.17. The van der Waals surface area contributed by atoms with Crippen LogP contribution < -0.4 is 5.69 Å². The minimum absolute atomic E-state index is 0.138. The number of hydrogen-bond acceptors (Lipinski definition) is 4. The van der Waals surface area contributed by atoms with Crippen molar-refractivity contribution in [2.45, 2.75) is 37.6 Å². The van der Waals surface area contributed by atoms with Gasteiger partial charge >= 0.3 is 5.69 Å². The van der Waals surface area contributed by atoms with Gasteiger partial charge in [-0.1, -0.05) is 18.7 Å². The van der Waals surface area contributed by atoms with E-state index in [2.05, 4.69) is 10.2 Å². The van der Waals surface area contributed by atoms with Crippen molar-refractivity contribution in [3.05, 3.63) is 10.5 Å². The normalized spacial score (nSPS) is 21.0. The first kappa shape index (κ1) is 10.8. The molecule has 1 aliphatic heterocycles. The van der Waals surface area contributed by atoms with Gasteiger partial charge in [-0.3, -0.25) is 4.57 Å². The third kappa shape index (κ3) is 2.43. The number of hydrogen-bond donors (Lipinski definition) is 1. The minimum Gasteiger partial charge on any atom is -0.376 e. The van der Waals surface area contributed by atoms with Crippen molar-refractivity contribution in [1.82, 2.24) is 14.8 Å². The minimum atomic E-state index is -0.138. The number of aromatic amines is 1. The Morgan fingerprint density at radius 2 is 2.60 bits per heavy atom. The summed E-state index contributed by atoms with van der Waals surface area (Å²) in [6.45, 7) is 3.48. The molecule has 84 valence electrons. The average Bonchev–Trinajstić information content (AvgIpc) is 2.83. The van der Waals surface area contributed by atoms with Crippen LogP contribution in [0, 0.1) is 0 Å². The number of aromatic nitrogens is 3. The summed E-state index contributed by atoms with van der Waals surface area (Å²) >= 11 is 1.57. The van der Waals surface area contributed by atoms with E-state index in [1.165, 1.54) is 0 Å². The molecule has 1 fully saturated rings. The second kappa shape index (κ2) is 4.85. The van der Waals surface area contributed by atoms with E-state index in [4.69, 9.17) is 4.74 Å². The highest BCUT2D eigenvalue weighted by atomic mass is 32.2. The third-order valence-electron chi connectivity index (χ3n) is 2.41. The molecule has 1 aliphatic rings. The van der Waals surface area contributed by atoms with Crippen LogP contribution in [0.1, 0.15) is 19.8 Å². The van der Waals surface area contributed by atoms with Crippen LogP contribution >= 0.6 is 11.8 Å². The molecule has 1 saturated heterocycles. The van der Waals surface area contributed by atoms with Gasteiger partial charge in [-0.15, -0.1) is 5.10 Å². The van der Waals surface area contributed by atoms with E-state index >= 15 is 0 Å². The van der Waals surface area contributed by atoms with E-state index in [0.717, 1.165) is 30.4 Å². The van der Waals surface area contributed by atoms with E-state index < -0.39 is 0 Å². The van der Waals surface area contributed by atoms with Gasteiger partial charge in [0.2, 0.25) is 0 Å². The lowest BCUT2D eigenvalue weighted by Gasteiger charge is -2.10. The summed E-state index contributed by atoms with van der Waals surface area (Å²) in [5, 5.41) is 7.22. The summed E-state index contributed by atoms with van der Waals surface area (Å²) in [5.41, 5.74) is -0.138. The topological polar surface area (TPSA) is 59.9 Å². The van der Waals surface area contributed by atoms with Gasteiger partial charge in [-0.05, 0) is 18.6 Å². The Bertz CT molecular complexity index is 368. The Kier molecular flexibility index (Phi) is 3.48. The van der Waals surface area contributed by atoms with Crippen LogP contribution in [0.15, 0.2) is 9.95 Å². The van der Waals surface area contributed by atoms with Crippen LogP contribution in [-0.4, -0.2) is 33.2 Å². The fourth-order valence-corrected chi connectivity index (χ4v) is 2.38. The van der Waals surface area contributed by atoms with Gasteiger partial charge in [0.25, 0.3) is 0 Å². The monoisotopic (exact) mass is 229 g/mol. The fourth-order valence-electron chi connectivity index (χ4n) is 1.70. The largest absolute Gasteiger partial charge is 0.376 e. The van der Waals surface area contributed by atoms with Gasteiger partial charge in [0, 0.05) is 6.61 Å². The molecular formula is C9H15N3O2S. The molecule has 1 N–H and O–H groups in total. The molecular weight excluding hydrogens is 214 g/mol. The van der Waals surface area contributed by atoms with E-state index in [0.29, 0.717) is 6.54 Å². The first-order valence-electron chi connectivity index (χ1n) is 5.21. The predicted octanol–water partition coefficient (Wildman–Crippen LogP) is 0.862. The smallest absolute Gasteiger partial charge is 0.344 e. The second-order valence-corrected chi connectivity index (χ2v) is 4.72. The van der Waals surface area contributed by atoms with E-state index in [1.807, 2.05) is 6.92 Å². The lowest BCUT2D eigenvalue weighted by molar-refractivity contribution is 0.0941. The predicted molar refractivity (Wildman–Crippen MR) is 58.2 cm³/mol. The molecule has 5 nitrogen and oxygen atoms in total. The number of thioether (sulfide) groups is 1. The zero-order valence-electron chi connectivity index (χ0n) is 8.73. The van der Waals surface area contributed by atoms with Crippen molar-refractivity contribution >= 4 is 11.8 Å². The molecule has 1 atom stereocenters. The number of rotatable bonds is 4. The molecule has 2 rings (SSSR count). The van der Waals surface area contributed by atoms with Gasteiger partial charge < -0.3 is 4.74 Å². The van der Waals surface area contributed by atoms with Crippen LogP contribution in [0.3, 0.4) is 0 Å². The average molecular weight is 229 g/mol. The number of ether oxygens (including phenoxy) is 1. The van der Waals surface area contributed by atoms with Crippen molar-refractivity contribution in [2.24, 2.45) is 0 Å². The van der Waals surface area contributed by atoms with Crippen LogP contribution in [0.5, 0.6) is 0 Å². The Morgan fingerprint density at radius 3 is 3.27 bits per heavy atom. The molecule has 0 aromatic carbocycles. The molecule has 1 aromatic heterocycles. The Morgan fingerprint density at radius 1 is 1.73 bits per heavy atom. The highest BCUT2D eigenvalue weighted by molar-refractivity contribution is 7.99. The van der Waals surface area contributed by atoms with Crippen molar-refractivity contribution < 1.29 is 4.74 Å². The summed E-state index contributed by atoms with van der Waals surface area (Å²) in [5.74, 6) is 0.913. The molecule has 2 heterocycles. The Balaban J connectivity index is 2.10. The summed E-state index contributed by atoms with van der Waals surface area (Å²) in [7, 11) is 0. The van der Waals surface area contributed by atoms with Gasteiger partial charge in [-0.2, -0.15) is 0 Å². The maximum atomic E-state index is 11.5. The van der Waals surface area contributed by atoms with Gasteiger partial charge in [0.1, 0.15) is 0 Å². The van der Waals surface area contributed by atoms with E-state index in [9.17, 15) is 4.79 Å². The third-order valence-corrected chi connectivity index (χ3v) is 3.27. The standard InChI is InChI=1S/C9H15N3O2S/c1-2-15-9-11-10-8(13)12(9)6-7-4-3-5-14-7/h7H,2-6H2,1H3,(H,10,13). The lowest BCUT2D eigenvalue weighted by atomic mass is 10.2. The summed E-state index contributed by atoms with van der Waals surface area (Å²) < 4.78 is 7.17. The molecule has 0 saturated carbocycles. The maximum Gasteiger partial charge on any atom is 0.344 e. The van der Waals surface area contributed by atoms with Crippen LogP contribution in [0.2, 0.25) is 0 Å². The quantitative estimate of drug-likeness (QED) is 0.778. The molecule has 0 aliphatic carbocycles. The van der Waals surface area contributed by atoms with Crippen molar-refractivity contribution in [3.63, 3.8) is 0 Å². The molecule has 1 unspecified atom stereocenters. The van der Waals surface area contributed by atoms with E-state index in [1.54, 1.807) is 16.3 Å². The van der Waals surface area contributed by atoms with Crippen molar-refractivity contribution in [1.29, 1.82) is 0 Å². The molecule has 15 heavy (non-hydrogen) atoms. The zero-order chi connectivity index (χ0) is 10.7. The van der Waals surface area contributed by atoms with Crippen LogP contribution in [0.4, 0.5) is 0 Å². The SMILES string of the molecule is CCSc1n[nH]c(=O)n1CC1CCCO1. The lowest BCUT2D eigenvalue weighted by Crippen LogP contribution is -2.24. The summed E-state index contributed by atoms with van der Waals surface area (Å²) in [6, 6.07) is 0. The number of nitrogens with one attached hydrogen (secondary N) is 1. The van der Waals surface area contributed by atoms with Gasteiger partial charge in [0.15, 0.2) is 5.16 Å². The molecule has 1 aromatic rings. The van der Waals surface area contributed by atoms with E-state index in [-0.39, 0.29) is 11.8 Å². The first-order chi connectivity index (χ1) is 7.31. The van der Waals surface area contributed by atoms with Crippen molar-refractivity contribution in [3.8, 4) is 0 Å². The maximum absolute atomic E-state index is 11.5. The number of nitrogens with zero attached hydrogens (tertiary/aromatic N) is 2. The molecule has 0 spiro atoms. The molecule has 6 heteroatoms. The molecule has 0 bridgehead atoms. The van der Waals surface area contributed by atoms with Gasteiger partial charge in [-0.25, -0.2) is 9.89 Å². The Labute approximate surface area is 92.2 Å². The fraction of sp³-hybridized carbons (Fsp3) is 0.778. The first-order valence-corrected chi connectivity index (χ1v) is 6.19. The zero-order valence-corrected chi connectivity index (χ0v) is 9.55. The molecule has 0 amide bonds. The highest BCUT2D eigenvalue weighted by Gasteiger charge is 2.19. The Hall–Kier alpha value is -0.750. The summed E-state index contributed by atoms with van der Waals surface area (Å²) in [4.78, 5) is 11.5. The van der Waals surface area contributed by atoms with Crippen LogP contribution in [0.25, 0.3) is 0 Å². The molecule has 0 radical (unpaired) electrons. The van der Waals surface area contributed by atoms with Gasteiger partial charge in [0.05, 0.1) is 12.6 Å². The number of H-pyrrole nitrogens is 1. The van der Waals surface area contributed by atoms with Crippen LogP contribution in [-0.2, 0) is 11.3 Å².